The number of rotatable bonds is 2. The third-order valence-corrected chi connectivity index (χ3v) is 2.35. The monoisotopic (exact) mass is 172 g/mol. The van der Waals surface area contributed by atoms with Crippen LogP contribution in [0.2, 0.25) is 0 Å². The second-order valence-corrected chi connectivity index (χ2v) is 3.87. The summed E-state index contributed by atoms with van der Waals surface area (Å²) < 4.78 is 0. The standard InChI is InChI=1S/C7H12N2OS/c1-5-6(4-9(2)3)11-7(10)8-5/h4H2,1-3H3,(H,8,10). The van der Waals surface area contributed by atoms with Crippen LogP contribution in [-0.4, -0.2) is 24.0 Å². The fourth-order valence-corrected chi connectivity index (χ4v) is 1.83. The van der Waals surface area contributed by atoms with Crippen LogP contribution in [0, 0.1) is 6.92 Å². The Morgan fingerprint density at radius 1 is 1.55 bits per heavy atom. The van der Waals surface area contributed by atoms with E-state index >= 15 is 0 Å². The van der Waals surface area contributed by atoms with E-state index in [0.717, 1.165) is 17.1 Å². The van der Waals surface area contributed by atoms with Crippen LogP contribution in [0.1, 0.15) is 10.6 Å². The third kappa shape index (κ3) is 2.17. The van der Waals surface area contributed by atoms with Crippen molar-refractivity contribution in [1.82, 2.24) is 9.88 Å². The number of nitrogens with one attached hydrogen (secondary N) is 1. The second-order valence-electron chi connectivity index (χ2n) is 2.80. The smallest absolute Gasteiger partial charge is 0.304 e. The fraction of sp³-hybridized carbons (Fsp3) is 0.571. The molecule has 0 aliphatic rings. The number of thiazole rings is 1. The molecule has 0 spiro atoms. The van der Waals surface area contributed by atoms with Crippen molar-refractivity contribution >= 4 is 11.3 Å². The van der Waals surface area contributed by atoms with Crippen LogP contribution in [-0.2, 0) is 6.54 Å². The minimum absolute atomic E-state index is 0.0411. The van der Waals surface area contributed by atoms with Gasteiger partial charge in [0.05, 0.1) is 0 Å². The molecule has 11 heavy (non-hydrogen) atoms. The predicted molar refractivity (Wildman–Crippen MR) is 47.1 cm³/mol. The summed E-state index contributed by atoms with van der Waals surface area (Å²) in [5.74, 6) is 0. The van der Waals surface area contributed by atoms with Gasteiger partial charge in [-0.1, -0.05) is 11.3 Å². The van der Waals surface area contributed by atoms with Gasteiger partial charge in [-0.15, -0.1) is 0 Å². The molecule has 0 unspecified atom stereocenters. The minimum atomic E-state index is 0.0411. The van der Waals surface area contributed by atoms with Crippen LogP contribution >= 0.6 is 11.3 Å². The minimum Gasteiger partial charge on any atom is -0.317 e. The molecule has 1 N–H and O–H groups in total. The van der Waals surface area contributed by atoms with E-state index in [2.05, 4.69) is 4.98 Å². The second kappa shape index (κ2) is 3.19. The Balaban J connectivity index is 2.86. The summed E-state index contributed by atoms with van der Waals surface area (Å²) in [6, 6.07) is 0. The van der Waals surface area contributed by atoms with Crippen LogP contribution in [0.5, 0.6) is 0 Å². The van der Waals surface area contributed by atoms with E-state index in [1.165, 1.54) is 11.3 Å². The van der Waals surface area contributed by atoms with Gasteiger partial charge in [0.1, 0.15) is 0 Å². The van der Waals surface area contributed by atoms with Crippen molar-refractivity contribution in [2.24, 2.45) is 0 Å². The maximum atomic E-state index is 10.8. The van der Waals surface area contributed by atoms with Gasteiger partial charge >= 0.3 is 4.87 Å². The van der Waals surface area contributed by atoms with Crippen LogP contribution < -0.4 is 4.87 Å². The Hall–Kier alpha value is -0.610. The number of aryl methyl sites for hydroxylation is 1. The van der Waals surface area contributed by atoms with Crippen LogP contribution in [0.3, 0.4) is 0 Å². The number of hydrogen-bond acceptors (Lipinski definition) is 3. The van der Waals surface area contributed by atoms with Crippen LogP contribution in [0.15, 0.2) is 4.79 Å². The van der Waals surface area contributed by atoms with Gasteiger partial charge in [-0.2, -0.15) is 0 Å². The summed E-state index contributed by atoms with van der Waals surface area (Å²) in [6.45, 7) is 2.77. The van der Waals surface area contributed by atoms with Gasteiger partial charge in [-0.25, -0.2) is 0 Å². The number of nitrogens with zero attached hydrogens (tertiary/aromatic N) is 1. The molecule has 1 rings (SSSR count). The molecule has 1 aromatic rings. The van der Waals surface area contributed by atoms with E-state index in [9.17, 15) is 4.79 Å². The topological polar surface area (TPSA) is 36.1 Å². The van der Waals surface area contributed by atoms with Gasteiger partial charge < -0.3 is 9.88 Å². The zero-order valence-electron chi connectivity index (χ0n) is 6.97. The number of aromatic amines is 1. The van der Waals surface area contributed by atoms with E-state index < -0.39 is 0 Å². The summed E-state index contributed by atoms with van der Waals surface area (Å²) in [5, 5.41) is 0. The Kier molecular flexibility index (Phi) is 2.46. The number of aromatic nitrogens is 1. The summed E-state index contributed by atoms with van der Waals surface area (Å²) in [6.07, 6.45) is 0. The summed E-state index contributed by atoms with van der Waals surface area (Å²) in [5.41, 5.74) is 0.994. The lowest BCUT2D eigenvalue weighted by atomic mass is 10.4. The Morgan fingerprint density at radius 2 is 2.18 bits per heavy atom. The van der Waals surface area contributed by atoms with Gasteiger partial charge in [-0.3, -0.25) is 4.79 Å². The zero-order chi connectivity index (χ0) is 8.43. The highest BCUT2D eigenvalue weighted by Gasteiger charge is 2.03. The first-order valence-corrected chi connectivity index (χ1v) is 4.24. The first-order chi connectivity index (χ1) is 5.09. The first-order valence-electron chi connectivity index (χ1n) is 3.43. The van der Waals surface area contributed by atoms with Crippen molar-refractivity contribution in [3.63, 3.8) is 0 Å². The SMILES string of the molecule is Cc1[nH]c(=O)sc1CN(C)C. The summed E-state index contributed by atoms with van der Waals surface area (Å²) in [4.78, 5) is 16.8. The largest absolute Gasteiger partial charge is 0.317 e. The highest BCUT2D eigenvalue weighted by molar-refractivity contribution is 7.09. The Bertz CT molecular complexity index is 287. The average Bonchev–Trinajstić information content (AvgIpc) is 2.09. The Labute approximate surface area is 69.7 Å². The van der Waals surface area contributed by atoms with Crippen molar-refractivity contribution in [1.29, 1.82) is 0 Å². The van der Waals surface area contributed by atoms with Gasteiger partial charge in [0.2, 0.25) is 0 Å². The fourth-order valence-electron chi connectivity index (χ4n) is 0.875. The quantitative estimate of drug-likeness (QED) is 0.716. The molecule has 0 bridgehead atoms. The maximum absolute atomic E-state index is 10.8. The van der Waals surface area contributed by atoms with Crippen molar-refractivity contribution in [2.75, 3.05) is 14.1 Å². The lowest BCUT2D eigenvalue weighted by Crippen LogP contribution is -2.10. The lowest BCUT2D eigenvalue weighted by molar-refractivity contribution is 0.405. The molecule has 0 aliphatic carbocycles. The molecule has 0 aromatic carbocycles. The molecule has 1 aromatic heterocycles. The van der Waals surface area contributed by atoms with Crippen LogP contribution in [0.25, 0.3) is 0 Å². The molecule has 4 heteroatoms. The van der Waals surface area contributed by atoms with E-state index in [1.807, 2.05) is 25.9 Å². The van der Waals surface area contributed by atoms with Gasteiger partial charge in [-0.05, 0) is 21.0 Å². The summed E-state index contributed by atoms with van der Waals surface area (Å²) in [7, 11) is 3.98. The number of H-pyrrole nitrogens is 1. The number of hydrogen-bond donors (Lipinski definition) is 1. The van der Waals surface area contributed by atoms with Gasteiger partial charge in [0.25, 0.3) is 0 Å². The van der Waals surface area contributed by atoms with Crippen molar-refractivity contribution in [3.8, 4) is 0 Å². The molecule has 0 radical (unpaired) electrons. The van der Waals surface area contributed by atoms with E-state index in [0.29, 0.717) is 0 Å². The van der Waals surface area contributed by atoms with Crippen molar-refractivity contribution < 1.29 is 0 Å². The predicted octanol–water partition coefficient (Wildman–Crippen LogP) is 0.806. The molecule has 0 saturated heterocycles. The summed E-state index contributed by atoms with van der Waals surface area (Å²) >= 11 is 1.29. The molecular weight excluding hydrogens is 160 g/mol. The lowest BCUT2D eigenvalue weighted by Gasteiger charge is -2.06. The van der Waals surface area contributed by atoms with E-state index in [4.69, 9.17) is 0 Å². The molecule has 0 aliphatic heterocycles. The molecule has 3 nitrogen and oxygen atoms in total. The third-order valence-electron chi connectivity index (χ3n) is 1.38. The molecule has 0 fully saturated rings. The van der Waals surface area contributed by atoms with Crippen LogP contribution in [0.4, 0.5) is 0 Å². The van der Waals surface area contributed by atoms with E-state index in [1.54, 1.807) is 0 Å². The molecule has 1 heterocycles. The molecule has 0 amide bonds. The molecular formula is C7H12N2OS. The Morgan fingerprint density at radius 3 is 2.55 bits per heavy atom. The molecule has 62 valence electrons. The molecule has 0 atom stereocenters. The van der Waals surface area contributed by atoms with Crippen molar-refractivity contribution in [2.45, 2.75) is 13.5 Å². The van der Waals surface area contributed by atoms with Crippen molar-refractivity contribution in [3.05, 3.63) is 20.2 Å². The normalized spacial score (nSPS) is 10.9. The average molecular weight is 172 g/mol. The van der Waals surface area contributed by atoms with Gasteiger partial charge in [0.15, 0.2) is 0 Å². The maximum Gasteiger partial charge on any atom is 0.304 e. The highest BCUT2D eigenvalue weighted by Crippen LogP contribution is 2.08. The molecule has 0 saturated carbocycles. The first kappa shape index (κ1) is 8.49. The van der Waals surface area contributed by atoms with E-state index in [-0.39, 0.29) is 4.87 Å². The van der Waals surface area contributed by atoms with Gasteiger partial charge in [0, 0.05) is 17.1 Å². The zero-order valence-corrected chi connectivity index (χ0v) is 7.79. The highest BCUT2D eigenvalue weighted by atomic mass is 32.1.